The smallest absolute Gasteiger partial charge is 0.481 e. The summed E-state index contributed by atoms with van der Waals surface area (Å²) in [6.45, 7) is 1.51. The SMILES string of the molecule is CCOC(=O)OP(=O)(O)c1ccccc1CC(=O)O. The van der Waals surface area contributed by atoms with Gasteiger partial charge in [0.2, 0.25) is 0 Å². The van der Waals surface area contributed by atoms with E-state index < -0.39 is 26.1 Å². The summed E-state index contributed by atoms with van der Waals surface area (Å²) < 4.78 is 20.7. The first-order valence-electron chi connectivity index (χ1n) is 5.36. The second-order valence-corrected chi connectivity index (χ2v) is 5.20. The van der Waals surface area contributed by atoms with Gasteiger partial charge in [-0.25, -0.2) is 9.36 Å². The third-order valence-corrected chi connectivity index (χ3v) is 3.54. The molecule has 0 aliphatic carbocycles. The van der Waals surface area contributed by atoms with Gasteiger partial charge in [0, 0.05) is 0 Å². The molecule has 2 N–H and O–H groups in total. The Morgan fingerprint density at radius 2 is 1.95 bits per heavy atom. The van der Waals surface area contributed by atoms with Crippen LogP contribution in [0, 0.1) is 0 Å². The molecule has 0 spiro atoms. The van der Waals surface area contributed by atoms with E-state index in [0.717, 1.165) is 0 Å². The Kier molecular flexibility index (Phi) is 5.09. The molecule has 19 heavy (non-hydrogen) atoms. The maximum absolute atomic E-state index is 11.9. The molecule has 0 aliphatic heterocycles. The van der Waals surface area contributed by atoms with Gasteiger partial charge in [0.05, 0.1) is 18.3 Å². The Labute approximate surface area is 109 Å². The predicted octanol–water partition coefficient (Wildman–Crippen LogP) is 1.30. The quantitative estimate of drug-likeness (QED) is 0.620. The summed E-state index contributed by atoms with van der Waals surface area (Å²) in [6, 6.07) is 5.57. The second kappa shape index (κ2) is 6.36. The van der Waals surface area contributed by atoms with Crippen LogP contribution >= 0.6 is 7.60 Å². The van der Waals surface area contributed by atoms with Crippen LogP contribution in [-0.4, -0.2) is 28.7 Å². The maximum Gasteiger partial charge on any atom is 0.515 e. The topological polar surface area (TPSA) is 110 Å². The van der Waals surface area contributed by atoms with Crippen LogP contribution in [0.4, 0.5) is 4.79 Å². The lowest BCUT2D eigenvalue weighted by molar-refractivity contribution is -0.136. The molecule has 0 saturated heterocycles. The zero-order valence-corrected chi connectivity index (χ0v) is 11.0. The van der Waals surface area contributed by atoms with E-state index in [0.29, 0.717) is 0 Å². The lowest BCUT2D eigenvalue weighted by Crippen LogP contribution is -2.18. The van der Waals surface area contributed by atoms with Gasteiger partial charge in [-0.3, -0.25) is 4.79 Å². The van der Waals surface area contributed by atoms with Crippen molar-refractivity contribution in [1.82, 2.24) is 0 Å². The zero-order valence-electron chi connectivity index (χ0n) is 10.1. The predicted molar refractivity (Wildman–Crippen MR) is 65.3 cm³/mol. The van der Waals surface area contributed by atoms with Crippen molar-refractivity contribution < 1.29 is 33.4 Å². The van der Waals surface area contributed by atoms with Gasteiger partial charge in [-0.1, -0.05) is 18.2 Å². The first-order chi connectivity index (χ1) is 8.86. The van der Waals surface area contributed by atoms with Gasteiger partial charge in [0.25, 0.3) is 0 Å². The number of ether oxygens (including phenoxy) is 1. The first kappa shape index (κ1) is 15.2. The Morgan fingerprint density at radius 1 is 1.32 bits per heavy atom. The number of aliphatic carboxylic acids is 1. The number of rotatable bonds is 5. The summed E-state index contributed by atoms with van der Waals surface area (Å²) in [6.07, 6.45) is -1.73. The summed E-state index contributed by atoms with van der Waals surface area (Å²) in [7, 11) is -4.46. The standard InChI is InChI=1S/C11H13O7P/c1-2-17-11(14)18-19(15,16)9-6-4-3-5-8(9)7-10(12)13/h3-6H,2,7H2,1H3,(H,12,13)(H,15,16). The number of benzene rings is 1. The molecule has 8 heteroatoms. The Hall–Kier alpha value is -1.85. The monoisotopic (exact) mass is 288 g/mol. The maximum atomic E-state index is 11.9. The minimum atomic E-state index is -4.46. The van der Waals surface area contributed by atoms with Crippen LogP contribution in [0.25, 0.3) is 0 Å². The third kappa shape index (κ3) is 4.39. The summed E-state index contributed by atoms with van der Waals surface area (Å²) >= 11 is 0. The highest BCUT2D eigenvalue weighted by Crippen LogP contribution is 2.42. The molecule has 0 fully saturated rings. The fourth-order valence-electron chi connectivity index (χ4n) is 1.39. The molecule has 1 aromatic rings. The molecule has 0 aromatic heterocycles. The molecule has 1 aromatic carbocycles. The molecule has 0 amide bonds. The molecule has 1 rings (SSSR count). The fourth-order valence-corrected chi connectivity index (χ4v) is 2.54. The highest BCUT2D eigenvalue weighted by molar-refractivity contribution is 7.61. The van der Waals surface area contributed by atoms with Gasteiger partial charge in [-0.05, 0) is 18.6 Å². The molecule has 104 valence electrons. The van der Waals surface area contributed by atoms with Crippen LogP contribution in [0.15, 0.2) is 24.3 Å². The van der Waals surface area contributed by atoms with Crippen LogP contribution in [-0.2, 0) is 25.0 Å². The van der Waals surface area contributed by atoms with Crippen molar-refractivity contribution in [3.63, 3.8) is 0 Å². The summed E-state index contributed by atoms with van der Waals surface area (Å²) in [5.74, 6) is -1.16. The van der Waals surface area contributed by atoms with Crippen molar-refractivity contribution in [2.24, 2.45) is 0 Å². The molecule has 0 saturated carbocycles. The van der Waals surface area contributed by atoms with E-state index in [2.05, 4.69) is 9.26 Å². The number of carboxylic acids is 1. The average Bonchev–Trinajstić information content (AvgIpc) is 2.28. The number of hydrogen-bond acceptors (Lipinski definition) is 5. The van der Waals surface area contributed by atoms with Gasteiger partial charge in [-0.2, -0.15) is 0 Å². The highest BCUT2D eigenvalue weighted by atomic mass is 31.2. The zero-order chi connectivity index (χ0) is 14.5. The summed E-state index contributed by atoms with van der Waals surface area (Å²) in [5, 5.41) is 8.49. The van der Waals surface area contributed by atoms with Crippen LogP contribution in [0.2, 0.25) is 0 Å². The van der Waals surface area contributed by atoms with Gasteiger partial charge in [0.15, 0.2) is 0 Å². The van der Waals surface area contributed by atoms with E-state index >= 15 is 0 Å². The largest absolute Gasteiger partial charge is 0.515 e. The van der Waals surface area contributed by atoms with E-state index in [-0.39, 0.29) is 17.5 Å². The molecule has 7 nitrogen and oxygen atoms in total. The van der Waals surface area contributed by atoms with Crippen LogP contribution < -0.4 is 5.30 Å². The third-order valence-electron chi connectivity index (χ3n) is 2.10. The van der Waals surface area contributed by atoms with Gasteiger partial charge in [-0.15, -0.1) is 0 Å². The lowest BCUT2D eigenvalue weighted by atomic mass is 10.1. The van der Waals surface area contributed by atoms with Crippen LogP contribution in [0.3, 0.4) is 0 Å². The fraction of sp³-hybridized carbons (Fsp3) is 0.273. The van der Waals surface area contributed by atoms with Gasteiger partial charge < -0.3 is 19.3 Å². The molecule has 1 unspecified atom stereocenters. The number of carboxylic acid groups (broad SMARTS) is 1. The minimum Gasteiger partial charge on any atom is -0.481 e. The van der Waals surface area contributed by atoms with Crippen molar-refractivity contribution in [1.29, 1.82) is 0 Å². The Bertz CT molecular complexity index is 526. The van der Waals surface area contributed by atoms with E-state index in [9.17, 15) is 19.0 Å². The van der Waals surface area contributed by atoms with E-state index in [1.165, 1.54) is 31.2 Å². The molecular formula is C11H13O7P. The molecule has 0 aliphatic rings. The van der Waals surface area contributed by atoms with E-state index in [4.69, 9.17) is 5.11 Å². The number of carbonyl (C=O) groups is 2. The molecule has 1 atom stereocenters. The van der Waals surface area contributed by atoms with Crippen molar-refractivity contribution in [3.05, 3.63) is 29.8 Å². The number of hydrogen-bond donors (Lipinski definition) is 2. The van der Waals surface area contributed by atoms with Crippen molar-refractivity contribution >= 4 is 25.0 Å². The minimum absolute atomic E-state index is 0.00436. The molecule has 0 heterocycles. The summed E-state index contributed by atoms with van der Waals surface area (Å²) in [5.41, 5.74) is 0.102. The average molecular weight is 288 g/mol. The second-order valence-electron chi connectivity index (χ2n) is 3.49. The Balaban J connectivity index is 3.03. The molecule has 0 radical (unpaired) electrons. The van der Waals surface area contributed by atoms with E-state index in [1.807, 2.05) is 0 Å². The van der Waals surface area contributed by atoms with Gasteiger partial charge >= 0.3 is 19.7 Å². The van der Waals surface area contributed by atoms with Crippen molar-refractivity contribution in [3.8, 4) is 0 Å². The van der Waals surface area contributed by atoms with Crippen molar-refractivity contribution in [2.75, 3.05) is 6.61 Å². The Morgan fingerprint density at radius 3 is 2.53 bits per heavy atom. The normalized spacial score (nSPS) is 13.4. The summed E-state index contributed by atoms with van der Waals surface area (Å²) in [4.78, 5) is 31.5. The van der Waals surface area contributed by atoms with E-state index in [1.54, 1.807) is 0 Å². The number of carbonyl (C=O) groups excluding carboxylic acids is 1. The van der Waals surface area contributed by atoms with Gasteiger partial charge in [0.1, 0.15) is 0 Å². The lowest BCUT2D eigenvalue weighted by Gasteiger charge is -2.14. The molecular weight excluding hydrogens is 275 g/mol. The molecule has 0 bridgehead atoms. The first-order valence-corrected chi connectivity index (χ1v) is 6.94. The highest BCUT2D eigenvalue weighted by Gasteiger charge is 2.30. The van der Waals surface area contributed by atoms with Crippen LogP contribution in [0.1, 0.15) is 12.5 Å². The van der Waals surface area contributed by atoms with Crippen LogP contribution in [0.5, 0.6) is 0 Å². The van der Waals surface area contributed by atoms with Crippen molar-refractivity contribution in [2.45, 2.75) is 13.3 Å².